The fraction of sp³-hybridized carbons (Fsp3) is 0.617. The summed E-state index contributed by atoms with van der Waals surface area (Å²) in [6.07, 6.45) is 17.9. The Morgan fingerprint density at radius 3 is 1.55 bits per heavy atom. The van der Waals surface area contributed by atoms with Crippen molar-refractivity contribution in [1.29, 1.82) is 0 Å². The van der Waals surface area contributed by atoms with Gasteiger partial charge in [-0.15, -0.1) is 0 Å². The fourth-order valence-electron chi connectivity index (χ4n) is 13.7. The van der Waals surface area contributed by atoms with Crippen LogP contribution in [0.4, 0.5) is 0 Å². The molecule has 5 aliphatic rings. The predicted molar refractivity (Wildman–Crippen MR) is 263 cm³/mol. The van der Waals surface area contributed by atoms with Gasteiger partial charge in [-0.3, -0.25) is 9.59 Å². The lowest BCUT2D eigenvalue weighted by molar-refractivity contribution is -0.191. The minimum atomic E-state index is -0.777. The van der Waals surface area contributed by atoms with Gasteiger partial charge in [-0.25, -0.2) is 4.79 Å². The lowest BCUT2D eigenvalue weighted by Crippen LogP contribution is -2.49. The van der Waals surface area contributed by atoms with Gasteiger partial charge in [0.1, 0.15) is 16.8 Å². The first kappa shape index (κ1) is 48.3. The zero-order valence-electron chi connectivity index (χ0n) is 42.0. The summed E-state index contributed by atoms with van der Waals surface area (Å²) < 4.78 is 20.4. The van der Waals surface area contributed by atoms with Crippen LogP contribution in [0.2, 0.25) is 0 Å². The third-order valence-electron chi connectivity index (χ3n) is 18.4. The van der Waals surface area contributed by atoms with Gasteiger partial charge in [-0.05, 0) is 197 Å². The maximum absolute atomic E-state index is 14.9. The number of rotatable bonds is 10. The molecule has 5 aliphatic carbocycles. The summed E-state index contributed by atoms with van der Waals surface area (Å²) in [5, 5.41) is 0. The molecular formula is C60H80O6. The number of benzene rings is 3. The van der Waals surface area contributed by atoms with Crippen LogP contribution in [0.1, 0.15) is 192 Å². The highest BCUT2D eigenvalue weighted by Gasteiger charge is 2.62. The molecule has 6 nitrogen and oxygen atoms in total. The number of fused-ring (bicyclic) bond motifs is 3. The molecule has 0 aromatic heterocycles. The van der Waals surface area contributed by atoms with E-state index < -0.39 is 27.6 Å². The van der Waals surface area contributed by atoms with Gasteiger partial charge in [0.05, 0.1) is 10.8 Å². The number of carbonyl (C=O) groups is 3. The summed E-state index contributed by atoms with van der Waals surface area (Å²) in [5.74, 6) is 0.00297. The second-order valence-electron chi connectivity index (χ2n) is 23.9. The van der Waals surface area contributed by atoms with Gasteiger partial charge in [-0.2, -0.15) is 0 Å². The Hall–Kier alpha value is -4.19. The number of hydrogen-bond acceptors (Lipinski definition) is 6. The zero-order chi connectivity index (χ0) is 47.3. The number of esters is 3. The molecule has 5 unspecified atom stereocenters. The van der Waals surface area contributed by atoms with Crippen LogP contribution in [0, 0.1) is 39.4 Å². The summed E-state index contributed by atoms with van der Waals surface area (Å²) in [6, 6.07) is 25.8. The van der Waals surface area contributed by atoms with Gasteiger partial charge in [-0.1, -0.05) is 106 Å². The number of ether oxygens (including phenoxy) is 3. The molecule has 0 aliphatic heterocycles. The molecule has 6 atom stereocenters. The Morgan fingerprint density at radius 2 is 1.02 bits per heavy atom. The fourth-order valence-corrected chi connectivity index (χ4v) is 13.7. The largest absolute Gasteiger partial charge is 0.453 e. The van der Waals surface area contributed by atoms with Crippen LogP contribution in [0.25, 0.3) is 0 Å². The van der Waals surface area contributed by atoms with Crippen molar-refractivity contribution < 1.29 is 28.6 Å². The van der Waals surface area contributed by atoms with Crippen LogP contribution in [0.5, 0.6) is 0 Å². The van der Waals surface area contributed by atoms with Gasteiger partial charge in [0.2, 0.25) is 0 Å². The third kappa shape index (κ3) is 8.86. The summed E-state index contributed by atoms with van der Waals surface area (Å²) in [6.45, 7) is 22.6. The van der Waals surface area contributed by atoms with Crippen LogP contribution in [-0.4, -0.2) is 17.9 Å². The van der Waals surface area contributed by atoms with E-state index in [2.05, 4.69) is 122 Å². The molecule has 0 N–H and O–H groups in total. The molecule has 2 saturated carbocycles. The molecule has 6 heteroatoms. The number of aryl methyl sites for hydroxylation is 1. The van der Waals surface area contributed by atoms with E-state index in [1.807, 2.05) is 13.0 Å². The van der Waals surface area contributed by atoms with E-state index >= 15 is 0 Å². The smallest absolute Gasteiger partial charge is 0.333 e. The molecule has 8 rings (SSSR count). The zero-order valence-corrected chi connectivity index (χ0v) is 42.0. The van der Waals surface area contributed by atoms with Crippen LogP contribution >= 0.6 is 0 Å². The van der Waals surface area contributed by atoms with Crippen LogP contribution in [-0.2, 0) is 64.7 Å². The quantitative estimate of drug-likeness (QED) is 0.115. The lowest BCUT2D eigenvalue weighted by Gasteiger charge is -2.49. The Bertz CT molecular complexity index is 2310. The Balaban J connectivity index is 1.00. The van der Waals surface area contributed by atoms with Crippen molar-refractivity contribution in [3.63, 3.8) is 0 Å². The van der Waals surface area contributed by atoms with Crippen molar-refractivity contribution in [2.75, 3.05) is 0 Å². The predicted octanol–water partition coefficient (Wildman–Crippen LogP) is 14.4. The number of carbonyl (C=O) groups excluding carboxylic acids is 3. The number of hydrogen-bond donors (Lipinski definition) is 0. The minimum absolute atomic E-state index is 0.0346. The average molecular weight is 897 g/mol. The highest BCUT2D eigenvalue weighted by Crippen LogP contribution is 2.65. The van der Waals surface area contributed by atoms with Gasteiger partial charge >= 0.3 is 17.9 Å². The summed E-state index contributed by atoms with van der Waals surface area (Å²) >= 11 is 0. The molecule has 2 spiro atoms. The maximum atomic E-state index is 14.9. The van der Waals surface area contributed by atoms with Gasteiger partial charge in [0.25, 0.3) is 0 Å². The first-order valence-corrected chi connectivity index (χ1v) is 25.8. The standard InChI is InChI=1S/C60H80O6/c1-41(2)51(61)64-56(8)42(3)28-29-43(37-46-23-12-14-25-48(46)56)39-54(4,5)52(62)66-58(10)50-27-16-13-24-47(50)38-44(30-34-60(58)35-36-60)40-55(6,7)53(63)65-57(9)49-26-15-11-21-45(49)22-17-18-31-59(57)32-19-20-33-59/h11-16,21,23-27,42-44H,1,17-20,22,28-40H2,2-10H3/t42?,43?,44?,56-,57?,58?/m1/s1. The molecule has 3 aromatic rings. The SMILES string of the molecule is C=C(C)C(=O)O[C@@]1(C)c2ccccc2CC(CC(C)(C)C(=O)OC2(C)c3ccccc3CC(CC(C)(C)C(=O)OC3(C)c4ccccc4CCCCC34CCCC4)CCC23CC3)CCC1C. The molecule has 0 bridgehead atoms. The Labute approximate surface area is 397 Å². The van der Waals surface area contributed by atoms with Crippen molar-refractivity contribution in [3.8, 4) is 0 Å². The van der Waals surface area contributed by atoms with Gasteiger partial charge in [0, 0.05) is 22.3 Å². The molecule has 2 fully saturated rings. The minimum Gasteiger partial charge on any atom is -0.453 e. The second-order valence-corrected chi connectivity index (χ2v) is 23.9. The summed E-state index contributed by atoms with van der Waals surface area (Å²) in [5.41, 5.74) is 3.67. The normalized spacial score (nSPS) is 29.3. The Morgan fingerprint density at radius 1 is 0.576 bits per heavy atom. The molecule has 0 saturated heterocycles. The highest BCUT2D eigenvalue weighted by molar-refractivity contribution is 5.87. The topological polar surface area (TPSA) is 78.9 Å². The van der Waals surface area contributed by atoms with Gasteiger partial charge in [0.15, 0.2) is 0 Å². The first-order chi connectivity index (χ1) is 31.2. The van der Waals surface area contributed by atoms with E-state index in [1.54, 1.807) is 6.92 Å². The van der Waals surface area contributed by atoms with E-state index in [1.165, 1.54) is 42.4 Å². The molecule has 356 valence electrons. The van der Waals surface area contributed by atoms with E-state index in [0.29, 0.717) is 12.0 Å². The molecule has 3 aromatic carbocycles. The molecule has 0 amide bonds. The van der Waals surface area contributed by atoms with E-state index in [-0.39, 0.29) is 46.5 Å². The second kappa shape index (κ2) is 18.0. The van der Waals surface area contributed by atoms with E-state index in [9.17, 15) is 14.4 Å². The third-order valence-corrected chi connectivity index (χ3v) is 18.4. The Kier molecular flexibility index (Phi) is 13.2. The van der Waals surface area contributed by atoms with E-state index in [4.69, 9.17) is 14.2 Å². The summed E-state index contributed by atoms with van der Waals surface area (Å²) in [4.78, 5) is 42.7. The lowest BCUT2D eigenvalue weighted by atomic mass is 9.62. The highest BCUT2D eigenvalue weighted by atomic mass is 16.6. The molecule has 0 heterocycles. The van der Waals surface area contributed by atoms with Crippen LogP contribution < -0.4 is 0 Å². The van der Waals surface area contributed by atoms with E-state index in [0.717, 1.165) is 100 Å². The molecule has 66 heavy (non-hydrogen) atoms. The summed E-state index contributed by atoms with van der Waals surface area (Å²) in [7, 11) is 0. The van der Waals surface area contributed by atoms with Crippen molar-refractivity contribution in [3.05, 3.63) is 118 Å². The monoisotopic (exact) mass is 897 g/mol. The van der Waals surface area contributed by atoms with Crippen molar-refractivity contribution in [2.45, 2.75) is 195 Å². The van der Waals surface area contributed by atoms with Crippen molar-refractivity contribution >= 4 is 17.9 Å². The van der Waals surface area contributed by atoms with Gasteiger partial charge < -0.3 is 14.2 Å². The van der Waals surface area contributed by atoms with Crippen LogP contribution in [0.3, 0.4) is 0 Å². The van der Waals surface area contributed by atoms with Crippen molar-refractivity contribution in [1.82, 2.24) is 0 Å². The van der Waals surface area contributed by atoms with Crippen LogP contribution in [0.15, 0.2) is 84.9 Å². The molecule has 0 radical (unpaired) electrons. The van der Waals surface area contributed by atoms with Crippen molar-refractivity contribution in [2.24, 2.45) is 39.4 Å². The first-order valence-electron chi connectivity index (χ1n) is 25.8. The maximum Gasteiger partial charge on any atom is 0.333 e. The molecular weight excluding hydrogens is 817 g/mol. The average Bonchev–Trinajstić information content (AvgIpc) is 3.93.